The van der Waals surface area contributed by atoms with E-state index >= 15 is 0 Å². The van der Waals surface area contributed by atoms with Crippen LogP contribution >= 0.6 is 0 Å². The van der Waals surface area contributed by atoms with E-state index in [4.69, 9.17) is 4.74 Å². The van der Waals surface area contributed by atoms with Gasteiger partial charge in [0.05, 0.1) is 5.92 Å². The summed E-state index contributed by atoms with van der Waals surface area (Å²) in [5, 5.41) is 0. The molecule has 2 fully saturated rings. The minimum absolute atomic E-state index is 0.492. The lowest BCUT2D eigenvalue weighted by molar-refractivity contribution is -0.170. The minimum atomic E-state index is -2.99. The van der Waals surface area contributed by atoms with Crippen LogP contribution in [0.25, 0.3) is 0 Å². The number of ether oxygens (including phenoxy) is 1. The summed E-state index contributed by atoms with van der Waals surface area (Å²) in [7, 11) is 0. The summed E-state index contributed by atoms with van der Waals surface area (Å²) in [6.07, 6.45) is -0.449. The molecule has 0 bridgehead atoms. The number of fused-ring (bicyclic) bond motifs is 1. The van der Waals surface area contributed by atoms with Crippen molar-refractivity contribution >= 4 is 12.3 Å². The Morgan fingerprint density at radius 1 is 1.41 bits per heavy atom. The molecule has 5 unspecified atom stereocenters. The van der Waals surface area contributed by atoms with E-state index in [9.17, 15) is 18.4 Å². The Morgan fingerprint density at radius 3 is 2.53 bits per heavy atom. The maximum absolute atomic E-state index is 13.8. The van der Waals surface area contributed by atoms with Crippen molar-refractivity contribution in [2.75, 3.05) is 0 Å². The number of halogens is 2. The number of carbonyl (C=O) groups excluding carboxylic acids is 2. The number of hydrogen-bond donors (Lipinski definition) is 0. The molecule has 0 radical (unpaired) electrons. The molecule has 0 N–H and O–H groups in total. The Labute approximate surface area is 98.5 Å². The second-order valence-electron chi connectivity index (χ2n) is 5.41. The second kappa shape index (κ2) is 3.50. The Morgan fingerprint density at radius 2 is 2.00 bits per heavy atom. The molecule has 1 heterocycles. The van der Waals surface area contributed by atoms with E-state index in [1.54, 1.807) is 13.8 Å². The van der Waals surface area contributed by atoms with E-state index in [0.29, 0.717) is 6.29 Å². The number of rotatable bonds is 1. The molecule has 17 heavy (non-hydrogen) atoms. The minimum Gasteiger partial charge on any atom is -0.462 e. The van der Waals surface area contributed by atoms with Gasteiger partial charge in [0, 0.05) is 23.7 Å². The molecule has 5 atom stereocenters. The maximum atomic E-state index is 13.8. The van der Waals surface area contributed by atoms with Crippen molar-refractivity contribution in [2.24, 2.45) is 23.2 Å². The number of aldehydes is 1. The monoisotopic (exact) mass is 246 g/mol. The summed E-state index contributed by atoms with van der Waals surface area (Å²) in [5.74, 6) is -6.37. The van der Waals surface area contributed by atoms with Crippen LogP contribution in [-0.4, -0.2) is 24.3 Å². The lowest BCUT2D eigenvalue weighted by Crippen LogP contribution is -2.54. The van der Waals surface area contributed by atoms with Gasteiger partial charge in [-0.3, -0.25) is 4.79 Å². The van der Waals surface area contributed by atoms with Gasteiger partial charge in [-0.1, -0.05) is 13.8 Å². The molecule has 2 rings (SSSR count). The number of alkyl halides is 2. The van der Waals surface area contributed by atoms with Crippen LogP contribution in [0, 0.1) is 23.2 Å². The first kappa shape index (κ1) is 12.5. The average Bonchev–Trinajstić information content (AvgIpc) is 2.43. The first-order chi connectivity index (χ1) is 7.75. The van der Waals surface area contributed by atoms with E-state index in [0.717, 1.165) is 0 Å². The first-order valence-electron chi connectivity index (χ1n) is 5.78. The average molecular weight is 246 g/mol. The van der Waals surface area contributed by atoms with Gasteiger partial charge < -0.3 is 9.53 Å². The van der Waals surface area contributed by atoms with Gasteiger partial charge in [0.15, 0.2) is 0 Å². The van der Waals surface area contributed by atoms with Crippen LogP contribution < -0.4 is 0 Å². The van der Waals surface area contributed by atoms with Crippen LogP contribution in [0.2, 0.25) is 0 Å². The van der Waals surface area contributed by atoms with E-state index < -0.39 is 47.6 Å². The maximum Gasteiger partial charge on any atom is 0.310 e. The molecule has 2 aliphatic rings. The molecule has 3 nitrogen and oxygen atoms in total. The summed E-state index contributed by atoms with van der Waals surface area (Å²) < 4.78 is 32.6. The smallest absolute Gasteiger partial charge is 0.310 e. The molecule has 1 saturated carbocycles. The Balaban J connectivity index is 2.48. The molecule has 5 heteroatoms. The molecule has 1 saturated heterocycles. The van der Waals surface area contributed by atoms with E-state index in [-0.39, 0.29) is 0 Å². The number of esters is 1. The lowest BCUT2D eigenvalue weighted by Gasteiger charge is -2.47. The van der Waals surface area contributed by atoms with Gasteiger partial charge in [-0.15, -0.1) is 0 Å². The summed E-state index contributed by atoms with van der Waals surface area (Å²) in [6, 6.07) is 0. The van der Waals surface area contributed by atoms with Gasteiger partial charge >= 0.3 is 5.97 Å². The number of carbonyl (C=O) groups is 2. The molecule has 0 aromatic heterocycles. The predicted octanol–water partition coefficient (Wildman–Crippen LogP) is 2.04. The molecule has 96 valence electrons. The summed E-state index contributed by atoms with van der Waals surface area (Å²) >= 11 is 0. The largest absolute Gasteiger partial charge is 0.462 e. The predicted molar refractivity (Wildman–Crippen MR) is 55.4 cm³/mol. The zero-order valence-corrected chi connectivity index (χ0v) is 10.1. The van der Waals surface area contributed by atoms with Crippen molar-refractivity contribution in [1.82, 2.24) is 0 Å². The molecule has 1 aliphatic heterocycles. The Bertz CT molecular complexity index is 369. The summed E-state index contributed by atoms with van der Waals surface area (Å²) in [6.45, 7) is 4.75. The fraction of sp³-hybridized carbons (Fsp3) is 0.833. The zero-order chi connectivity index (χ0) is 13.0. The molecule has 1 aliphatic carbocycles. The van der Waals surface area contributed by atoms with Crippen LogP contribution in [0.15, 0.2) is 0 Å². The van der Waals surface area contributed by atoms with Crippen LogP contribution in [0.1, 0.15) is 27.2 Å². The highest BCUT2D eigenvalue weighted by Crippen LogP contribution is 2.58. The van der Waals surface area contributed by atoms with Crippen molar-refractivity contribution in [1.29, 1.82) is 0 Å². The standard InChI is InChI=1S/C12H16F2O3/c1-6-9(5-15)11(3)7(2)17-10(16)8(11)4-12(6,13)14/h5-9H,4H2,1-3H3. The third kappa shape index (κ3) is 1.44. The summed E-state index contributed by atoms with van der Waals surface area (Å²) in [4.78, 5) is 22.8. The fourth-order valence-corrected chi connectivity index (χ4v) is 3.25. The van der Waals surface area contributed by atoms with Crippen molar-refractivity contribution in [2.45, 2.75) is 39.2 Å². The van der Waals surface area contributed by atoms with Crippen LogP contribution in [0.4, 0.5) is 8.78 Å². The molecular weight excluding hydrogens is 230 g/mol. The molecular formula is C12H16F2O3. The van der Waals surface area contributed by atoms with Crippen LogP contribution in [0.3, 0.4) is 0 Å². The zero-order valence-electron chi connectivity index (χ0n) is 10.1. The van der Waals surface area contributed by atoms with Crippen LogP contribution in [0.5, 0.6) is 0 Å². The topological polar surface area (TPSA) is 43.4 Å². The number of cyclic esters (lactones) is 1. The van der Waals surface area contributed by atoms with Crippen LogP contribution in [-0.2, 0) is 14.3 Å². The summed E-state index contributed by atoms with van der Waals surface area (Å²) in [5.41, 5.74) is -0.806. The third-order valence-electron chi connectivity index (χ3n) is 4.75. The van der Waals surface area contributed by atoms with Crippen molar-refractivity contribution in [3.05, 3.63) is 0 Å². The third-order valence-corrected chi connectivity index (χ3v) is 4.75. The molecule has 0 amide bonds. The van der Waals surface area contributed by atoms with Gasteiger partial charge in [-0.2, -0.15) is 0 Å². The van der Waals surface area contributed by atoms with Gasteiger partial charge in [0.1, 0.15) is 12.4 Å². The molecule has 0 aromatic rings. The van der Waals surface area contributed by atoms with Crippen molar-refractivity contribution in [3.8, 4) is 0 Å². The van der Waals surface area contributed by atoms with E-state index in [1.807, 2.05) is 0 Å². The highest BCUT2D eigenvalue weighted by atomic mass is 19.3. The van der Waals surface area contributed by atoms with Crippen molar-refractivity contribution in [3.63, 3.8) is 0 Å². The van der Waals surface area contributed by atoms with E-state index in [2.05, 4.69) is 0 Å². The Kier molecular flexibility index (Phi) is 2.56. The Hall–Kier alpha value is -1.00. The van der Waals surface area contributed by atoms with Crippen molar-refractivity contribution < 1.29 is 23.1 Å². The van der Waals surface area contributed by atoms with Gasteiger partial charge in [0.25, 0.3) is 5.92 Å². The lowest BCUT2D eigenvalue weighted by atomic mass is 9.56. The molecule has 0 aromatic carbocycles. The fourth-order valence-electron chi connectivity index (χ4n) is 3.25. The number of hydrogen-bond acceptors (Lipinski definition) is 3. The SMILES string of the molecule is CC1C(C=O)C2(C)C(C)OC(=O)C2CC1(F)F. The second-order valence-corrected chi connectivity index (χ2v) is 5.41. The van der Waals surface area contributed by atoms with Gasteiger partial charge in [0.2, 0.25) is 0 Å². The normalized spacial score (nSPS) is 48.4. The molecule has 0 spiro atoms. The quantitative estimate of drug-likeness (QED) is 0.525. The first-order valence-corrected chi connectivity index (χ1v) is 5.78. The van der Waals surface area contributed by atoms with E-state index in [1.165, 1.54) is 6.92 Å². The van der Waals surface area contributed by atoms with Gasteiger partial charge in [-0.05, 0) is 6.92 Å². The highest BCUT2D eigenvalue weighted by molar-refractivity contribution is 5.78. The van der Waals surface area contributed by atoms with Gasteiger partial charge in [-0.25, -0.2) is 8.78 Å². The highest BCUT2D eigenvalue weighted by Gasteiger charge is 2.66.